The third-order valence-corrected chi connectivity index (χ3v) is 4.81. The van der Waals surface area contributed by atoms with E-state index in [1.807, 2.05) is 18.8 Å². The third kappa shape index (κ3) is 5.20. The van der Waals surface area contributed by atoms with Gasteiger partial charge in [-0.1, -0.05) is 48.7 Å². The Labute approximate surface area is 188 Å². The molecular weight excluding hydrogens is 479 g/mol. The SMILES string of the molecule is CC(C)c1nc(Oc2c(Cl)cc(-c3nn(CC(F)F)c(=O)[nH]c3=O)cc2Cl)cnc1Cl. The summed E-state index contributed by atoms with van der Waals surface area (Å²) in [6.45, 7) is 2.78. The number of hydrogen-bond donors (Lipinski definition) is 1. The molecule has 1 N–H and O–H groups in total. The first-order valence-corrected chi connectivity index (χ1v) is 9.89. The zero-order valence-electron chi connectivity index (χ0n) is 16.0. The molecule has 31 heavy (non-hydrogen) atoms. The molecule has 164 valence electrons. The summed E-state index contributed by atoms with van der Waals surface area (Å²) in [5.74, 6) is 0.0976. The van der Waals surface area contributed by atoms with E-state index >= 15 is 0 Å². The smallest absolute Gasteiger partial charge is 0.344 e. The molecule has 2 aromatic heterocycles. The summed E-state index contributed by atoms with van der Waals surface area (Å²) in [4.78, 5) is 34.0. The molecule has 3 aromatic rings. The van der Waals surface area contributed by atoms with Gasteiger partial charge in [0, 0.05) is 5.56 Å². The molecule has 0 radical (unpaired) electrons. The maximum atomic E-state index is 12.7. The molecule has 0 aliphatic rings. The number of nitrogens with one attached hydrogen (secondary N) is 1. The second-order valence-electron chi connectivity index (χ2n) is 6.59. The molecule has 0 saturated heterocycles. The first kappa shape index (κ1) is 23.1. The van der Waals surface area contributed by atoms with Gasteiger partial charge in [0.2, 0.25) is 5.88 Å². The third-order valence-electron chi connectivity index (χ3n) is 3.96. The Morgan fingerprint density at radius 1 is 1.16 bits per heavy atom. The van der Waals surface area contributed by atoms with Crippen molar-refractivity contribution in [2.75, 3.05) is 0 Å². The zero-order chi connectivity index (χ0) is 22.9. The first-order valence-electron chi connectivity index (χ1n) is 8.76. The Balaban J connectivity index is 2.01. The van der Waals surface area contributed by atoms with Crippen molar-refractivity contribution in [3.8, 4) is 22.9 Å². The predicted octanol–water partition coefficient (Wildman–Crippen LogP) is 4.53. The first-order chi connectivity index (χ1) is 14.6. The molecule has 0 unspecified atom stereocenters. The normalized spacial score (nSPS) is 11.4. The molecule has 0 aliphatic carbocycles. The van der Waals surface area contributed by atoms with Crippen LogP contribution >= 0.6 is 34.8 Å². The second-order valence-corrected chi connectivity index (χ2v) is 7.76. The lowest BCUT2D eigenvalue weighted by Crippen LogP contribution is -2.35. The van der Waals surface area contributed by atoms with Gasteiger partial charge in [-0.2, -0.15) is 5.10 Å². The Kier molecular flexibility index (Phi) is 6.93. The number of halogens is 5. The van der Waals surface area contributed by atoms with Crippen LogP contribution in [-0.2, 0) is 6.54 Å². The number of hydrogen-bond acceptors (Lipinski definition) is 6. The highest BCUT2D eigenvalue weighted by Gasteiger charge is 2.18. The molecule has 1 aromatic carbocycles. The molecule has 3 rings (SSSR count). The molecule has 0 spiro atoms. The van der Waals surface area contributed by atoms with Crippen LogP contribution in [0.4, 0.5) is 8.78 Å². The number of aromatic nitrogens is 5. The summed E-state index contributed by atoms with van der Waals surface area (Å²) < 4.78 is 31.4. The minimum atomic E-state index is -2.84. The van der Waals surface area contributed by atoms with Crippen molar-refractivity contribution in [2.45, 2.75) is 32.7 Å². The largest absolute Gasteiger partial charge is 0.434 e. The van der Waals surface area contributed by atoms with Gasteiger partial charge in [-0.25, -0.2) is 28.2 Å². The lowest BCUT2D eigenvalue weighted by atomic mass is 10.1. The van der Waals surface area contributed by atoms with Crippen LogP contribution in [-0.4, -0.2) is 31.2 Å². The maximum absolute atomic E-state index is 12.7. The second kappa shape index (κ2) is 9.29. The summed E-state index contributed by atoms with van der Waals surface area (Å²) in [6, 6.07) is 2.59. The lowest BCUT2D eigenvalue weighted by molar-refractivity contribution is 0.119. The molecule has 2 heterocycles. The van der Waals surface area contributed by atoms with Crippen molar-refractivity contribution in [3.63, 3.8) is 0 Å². The van der Waals surface area contributed by atoms with Crippen LogP contribution in [0, 0.1) is 0 Å². The van der Waals surface area contributed by atoms with Crippen molar-refractivity contribution in [1.29, 1.82) is 0 Å². The molecular formula is C18H14Cl3F2N5O3. The van der Waals surface area contributed by atoms with Gasteiger partial charge in [-0.05, 0) is 18.1 Å². The van der Waals surface area contributed by atoms with E-state index in [-0.39, 0.29) is 44.0 Å². The number of ether oxygens (including phenoxy) is 1. The summed E-state index contributed by atoms with van der Waals surface area (Å²) in [7, 11) is 0. The molecule has 0 fully saturated rings. The fraction of sp³-hybridized carbons (Fsp3) is 0.278. The van der Waals surface area contributed by atoms with Gasteiger partial charge in [0.05, 0.1) is 21.9 Å². The van der Waals surface area contributed by atoms with Crippen molar-refractivity contribution >= 4 is 34.8 Å². The summed E-state index contributed by atoms with van der Waals surface area (Å²) in [5.41, 5.74) is -1.66. The monoisotopic (exact) mass is 491 g/mol. The fourth-order valence-electron chi connectivity index (χ4n) is 2.56. The van der Waals surface area contributed by atoms with Crippen LogP contribution in [0.2, 0.25) is 15.2 Å². The molecule has 0 saturated carbocycles. The van der Waals surface area contributed by atoms with Crippen LogP contribution in [0.15, 0.2) is 27.9 Å². The van der Waals surface area contributed by atoms with Gasteiger partial charge in [0.1, 0.15) is 6.54 Å². The highest BCUT2D eigenvalue weighted by molar-refractivity contribution is 6.37. The lowest BCUT2D eigenvalue weighted by Gasteiger charge is -2.13. The molecule has 0 aliphatic heterocycles. The van der Waals surface area contributed by atoms with Crippen LogP contribution < -0.4 is 16.0 Å². The zero-order valence-corrected chi connectivity index (χ0v) is 18.3. The Morgan fingerprint density at radius 3 is 2.39 bits per heavy atom. The van der Waals surface area contributed by atoms with E-state index in [2.05, 4.69) is 15.1 Å². The minimum absolute atomic E-state index is 0.0152. The van der Waals surface area contributed by atoms with E-state index in [1.54, 1.807) is 0 Å². The number of rotatable bonds is 6. The van der Waals surface area contributed by atoms with Gasteiger partial charge in [-0.3, -0.25) is 9.78 Å². The maximum Gasteiger partial charge on any atom is 0.344 e. The van der Waals surface area contributed by atoms with Crippen molar-refractivity contribution in [3.05, 3.63) is 60.1 Å². The van der Waals surface area contributed by atoms with Crippen LogP contribution in [0.3, 0.4) is 0 Å². The summed E-state index contributed by atoms with van der Waals surface area (Å²) in [6.07, 6.45) is -1.55. The number of alkyl halides is 2. The van der Waals surface area contributed by atoms with E-state index < -0.39 is 24.2 Å². The Bertz CT molecular complexity index is 1220. The van der Waals surface area contributed by atoms with Gasteiger partial charge >= 0.3 is 5.69 Å². The quantitative estimate of drug-likeness (QED) is 0.542. The Morgan fingerprint density at radius 2 is 1.81 bits per heavy atom. The van der Waals surface area contributed by atoms with Crippen LogP contribution in [0.25, 0.3) is 11.3 Å². The van der Waals surface area contributed by atoms with E-state index in [4.69, 9.17) is 39.5 Å². The van der Waals surface area contributed by atoms with E-state index in [0.717, 1.165) is 0 Å². The average Bonchev–Trinajstić information content (AvgIpc) is 2.67. The van der Waals surface area contributed by atoms with Crippen LogP contribution in [0.5, 0.6) is 11.6 Å². The number of H-pyrrole nitrogens is 1. The average molecular weight is 493 g/mol. The molecule has 0 bridgehead atoms. The molecule has 13 heteroatoms. The molecule has 0 atom stereocenters. The standard InChI is InChI=1S/C18H14Cl3F2N5O3/c1-7(2)13-16(21)24-5-12(25-13)31-15-9(19)3-8(4-10(15)20)14-17(29)26-18(30)28(27-14)6-11(22)23/h3-5,7,11H,6H2,1-2H3,(H,26,29,30). The van der Waals surface area contributed by atoms with Gasteiger partial charge in [-0.15, -0.1) is 0 Å². The molecule has 8 nitrogen and oxygen atoms in total. The van der Waals surface area contributed by atoms with E-state index in [0.29, 0.717) is 10.4 Å². The van der Waals surface area contributed by atoms with Gasteiger partial charge in [0.15, 0.2) is 16.6 Å². The highest BCUT2D eigenvalue weighted by Crippen LogP contribution is 2.39. The Hall–Kier alpha value is -2.56. The number of benzene rings is 1. The van der Waals surface area contributed by atoms with Crippen LogP contribution in [0.1, 0.15) is 25.5 Å². The topological polar surface area (TPSA) is 103 Å². The molecule has 0 amide bonds. The fourth-order valence-corrected chi connectivity index (χ4v) is 3.44. The predicted molar refractivity (Wildman–Crippen MR) is 112 cm³/mol. The minimum Gasteiger partial charge on any atom is -0.434 e. The summed E-state index contributed by atoms with van der Waals surface area (Å²) >= 11 is 18.6. The van der Waals surface area contributed by atoms with E-state index in [1.165, 1.54) is 18.3 Å². The van der Waals surface area contributed by atoms with Crippen molar-refractivity contribution in [2.24, 2.45) is 0 Å². The highest BCUT2D eigenvalue weighted by atomic mass is 35.5. The summed E-state index contributed by atoms with van der Waals surface area (Å²) in [5, 5.41) is 3.91. The van der Waals surface area contributed by atoms with Gasteiger partial charge < -0.3 is 4.74 Å². The number of nitrogens with zero attached hydrogens (tertiary/aromatic N) is 4. The number of aromatic amines is 1. The van der Waals surface area contributed by atoms with Crippen molar-refractivity contribution < 1.29 is 13.5 Å². The van der Waals surface area contributed by atoms with Gasteiger partial charge in [0.25, 0.3) is 12.0 Å². The van der Waals surface area contributed by atoms with Crippen molar-refractivity contribution in [1.82, 2.24) is 24.7 Å². The van der Waals surface area contributed by atoms with E-state index in [9.17, 15) is 18.4 Å².